The summed E-state index contributed by atoms with van der Waals surface area (Å²) in [5.74, 6) is 0.270. The minimum Gasteiger partial charge on any atom is -0.475 e. The van der Waals surface area contributed by atoms with E-state index in [9.17, 15) is 4.79 Å². The van der Waals surface area contributed by atoms with Crippen molar-refractivity contribution in [3.8, 4) is 0 Å². The van der Waals surface area contributed by atoms with Gasteiger partial charge in [0.25, 0.3) is 0 Å². The normalized spacial score (nSPS) is 17.6. The van der Waals surface area contributed by atoms with E-state index in [1.165, 1.54) is 11.3 Å². The fourth-order valence-electron chi connectivity index (χ4n) is 3.04. The molecular formula is C17H19NO3. The number of carboxylic acid groups (broad SMARTS) is 1. The minimum atomic E-state index is -1.02. The topological polar surface area (TPSA) is 53.7 Å². The molecule has 0 saturated heterocycles. The number of aryl methyl sites for hydroxylation is 1. The second-order valence-electron chi connectivity index (χ2n) is 5.82. The number of furan rings is 1. The van der Waals surface area contributed by atoms with Crippen LogP contribution < -0.4 is 4.90 Å². The Morgan fingerprint density at radius 3 is 2.90 bits per heavy atom. The molecule has 0 aliphatic carbocycles. The van der Waals surface area contributed by atoms with Crippen LogP contribution in [0.4, 0.5) is 5.69 Å². The molecule has 1 aromatic carbocycles. The molecule has 2 aromatic rings. The average Bonchev–Trinajstić information content (AvgIpc) is 2.80. The zero-order valence-corrected chi connectivity index (χ0v) is 12.3. The van der Waals surface area contributed by atoms with Crippen molar-refractivity contribution < 1.29 is 14.3 Å². The molecule has 0 amide bonds. The molecule has 0 spiro atoms. The third kappa shape index (κ3) is 2.66. The fraction of sp³-hybridized carbons (Fsp3) is 0.353. The van der Waals surface area contributed by atoms with E-state index in [0.717, 1.165) is 18.5 Å². The van der Waals surface area contributed by atoms with Gasteiger partial charge < -0.3 is 14.4 Å². The van der Waals surface area contributed by atoms with Gasteiger partial charge in [0.05, 0.1) is 0 Å². The van der Waals surface area contributed by atoms with Gasteiger partial charge in [-0.2, -0.15) is 0 Å². The van der Waals surface area contributed by atoms with Crippen molar-refractivity contribution in [2.24, 2.45) is 5.92 Å². The van der Waals surface area contributed by atoms with Gasteiger partial charge in [0, 0.05) is 24.3 Å². The van der Waals surface area contributed by atoms with Crippen LogP contribution in [0.25, 0.3) is 0 Å². The molecule has 4 heteroatoms. The summed E-state index contributed by atoms with van der Waals surface area (Å²) in [4.78, 5) is 13.3. The molecule has 1 atom stereocenters. The van der Waals surface area contributed by atoms with Crippen molar-refractivity contribution in [1.82, 2.24) is 0 Å². The lowest BCUT2D eigenvalue weighted by atomic mass is 9.93. The number of carbonyl (C=O) groups is 1. The van der Waals surface area contributed by atoms with E-state index in [4.69, 9.17) is 9.52 Å². The van der Waals surface area contributed by atoms with E-state index in [0.29, 0.717) is 18.2 Å². The van der Waals surface area contributed by atoms with Gasteiger partial charge in [-0.1, -0.05) is 25.1 Å². The highest BCUT2D eigenvalue weighted by Crippen LogP contribution is 2.31. The average molecular weight is 285 g/mol. The van der Waals surface area contributed by atoms with E-state index >= 15 is 0 Å². The predicted molar refractivity (Wildman–Crippen MR) is 80.8 cm³/mol. The number of hydrogen-bond donors (Lipinski definition) is 1. The number of carboxylic acids is 1. The Labute approximate surface area is 124 Å². The summed E-state index contributed by atoms with van der Waals surface area (Å²) >= 11 is 0. The van der Waals surface area contributed by atoms with Crippen molar-refractivity contribution in [3.05, 3.63) is 53.0 Å². The maximum atomic E-state index is 11.0. The van der Waals surface area contributed by atoms with E-state index < -0.39 is 5.97 Å². The highest BCUT2D eigenvalue weighted by atomic mass is 16.4. The van der Waals surface area contributed by atoms with Crippen LogP contribution in [-0.2, 0) is 13.0 Å². The lowest BCUT2D eigenvalue weighted by Gasteiger charge is -2.34. The van der Waals surface area contributed by atoms with Crippen LogP contribution in [0.3, 0.4) is 0 Å². The van der Waals surface area contributed by atoms with Gasteiger partial charge in [-0.05, 0) is 37.0 Å². The Morgan fingerprint density at radius 2 is 2.19 bits per heavy atom. The molecule has 2 heterocycles. The van der Waals surface area contributed by atoms with Gasteiger partial charge in [0.2, 0.25) is 5.76 Å². The third-order valence-corrected chi connectivity index (χ3v) is 4.03. The van der Waals surface area contributed by atoms with Crippen LogP contribution in [0.5, 0.6) is 0 Å². The second-order valence-corrected chi connectivity index (χ2v) is 5.82. The molecule has 1 aliphatic heterocycles. The molecule has 110 valence electrons. The molecule has 0 bridgehead atoms. The van der Waals surface area contributed by atoms with Gasteiger partial charge in [0.15, 0.2) is 0 Å². The molecule has 1 aromatic heterocycles. The lowest BCUT2D eigenvalue weighted by Crippen LogP contribution is -2.33. The van der Waals surface area contributed by atoms with Crippen LogP contribution >= 0.6 is 0 Å². The number of fused-ring (bicyclic) bond motifs is 1. The SMILES string of the molecule is Cc1oc(C(=O)O)cc1CN1CC(C)Cc2ccccc21. The van der Waals surface area contributed by atoms with Crippen molar-refractivity contribution in [1.29, 1.82) is 0 Å². The molecule has 1 unspecified atom stereocenters. The predicted octanol–water partition coefficient (Wildman–Crippen LogP) is 3.49. The quantitative estimate of drug-likeness (QED) is 0.938. The maximum absolute atomic E-state index is 11.0. The van der Waals surface area contributed by atoms with Crippen molar-refractivity contribution in [3.63, 3.8) is 0 Å². The molecular weight excluding hydrogens is 266 g/mol. The monoisotopic (exact) mass is 285 g/mol. The largest absolute Gasteiger partial charge is 0.475 e. The van der Waals surface area contributed by atoms with Crippen LogP contribution in [0.1, 0.15) is 34.4 Å². The lowest BCUT2D eigenvalue weighted by molar-refractivity contribution is 0.0661. The number of nitrogens with zero attached hydrogens (tertiary/aromatic N) is 1. The molecule has 1 N–H and O–H groups in total. The Hall–Kier alpha value is -2.23. The number of aromatic carboxylic acids is 1. The molecule has 3 rings (SSSR count). The van der Waals surface area contributed by atoms with Crippen LogP contribution in [0.15, 0.2) is 34.7 Å². The Morgan fingerprint density at radius 1 is 1.43 bits per heavy atom. The Kier molecular flexibility index (Phi) is 3.45. The van der Waals surface area contributed by atoms with Crippen LogP contribution in [-0.4, -0.2) is 17.6 Å². The first-order valence-electron chi connectivity index (χ1n) is 7.20. The number of para-hydroxylation sites is 1. The summed E-state index contributed by atoms with van der Waals surface area (Å²) in [6, 6.07) is 10.1. The van der Waals surface area contributed by atoms with Gasteiger partial charge in [0.1, 0.15) is 5.76 Å². The van der Waals surface area contributed by atoms with Crippen LogP contribution in [0.2, 0.25) is 0 Å². The van der Waals surface area contributed by atoms with E-state index in [1.807, 2.05) is 13.0 Å². The van der Waals surface area contributed by atoms with E-state index in [1.54, 1.807) is 6.07 Å². The highest BCUT2D eigenvalue weighted by molar-refractivity contribution is 5.84. The molecule has 1 aliphatic rings. The number of hydrogen-bond acceptors (Lipinski definition) is 3. The standard InChI is InChI=1S/C17H19NO3/c1-11-7-13-5-3-4-6-15(13)18(9-11)10-14-8-16(17(19)20)21-12(14)2/h3-6,8,11H,7,9-10H2,1-2H3,(H,19,20). The number of rotatable bonds is 3. The first-order chi connectivity index (χ1) is 10.0. The summed E-state index contributed by atoms with van der Waals surface area (Å²) in [6.07, 6.45) is 1.09. The first kappa shape index (κ1) is 13.7. The van der Waals surface area contributed by atoms with Gasteiger partial charge >= 0.3 is 5.97 Å². The first-order valence-corrected chi connectivity index (χ1v) is 7.20. The van der Waals surface area contributed by atoms with Gasteiger partial charge in [-0.3, -0.25) is 0 Å². The van der Waals surface area contributed by atoms with Crippen molar-refractivity contribution >= 4 is 11.7 Å². The Balaban J connectivity index is 1.90. The summed E-state index contributed by atoms with van der Waals surface area (Å²) in [5, 5.41) is 9.02. The number of benzene rings is 1. The zero-order chi connectivity index (χ0) is 15.0. The summed E-state index contributed by atoms with van der Waals surface area (Å²) in [6.45, 7) is 5.73. The summed E-state index contributed by atoms with van der Waals surface area (Å²) in [5.41, 5.74) is 3.54. The van der Waals surface area contributed by atoms with Crippen molar-refractivity contribution in [2.45, 2.75) is 26.8 Å². The minimum absolute atomic E-state index is 0.0147. The summed E-state index contributed by atoms with van der Waals surface area (Å²) < 4.78 is 5.31. The van der Waals surface area contributed by atoms with E-state index in [2.05, 4.69) is 30.0 Å². The van der Waals surface area contributed by atoms with Gasteiger partial charge in [-0.25, -0.2) is 4.79 Å². The third-order valence-electron chi connectivity index (χ3n) is 4.03. The second kappa shape index (κ2) is 5.28. The molecule has 21 heavy (non-hydrogen) atoms. The highest BCUT2D eigenvalue weighted by Gasteiger charge is 2.23. The van der Waals surface area contributed by atoms with Gasteiger partial charge in [-0.15, -0.1) is 0 Å². The van der Waals surface area contributed by atoms with Crippen LogP contribution in [0, 0.1) is 12.8 Å². The Bertz CT molecular complexity index is 674. The fourth-order valence-corrected chi connectivity index (χ4v) is 3.04. The maximum Gasteiger partial charge on any atom is 0.371 e. The summed E-state index contributed by atoms with van der Waals surface area (Å²) in [7, 11) is 0. The van der Waals surface area contributed by atoms with E-state index in [-0.39, 0.29) is 5.76 Å². The number of anilines is 1. The molecule has 0 saturated carbocycles. The molecule has 0 fully saturated rings. The van der Waals surface area contributed by atoms with Crippen molar-refractivity contribution in [2.75, 3.05) is 11.4 Å². The zero-order valence-electron chi connectivity index (χ0n) is 12.3. The smallest absolute Gasteiger partial charge is 0.371 e. The molecule has 4 nitrogen and oxygen atoms in total. The molecule has 0 radical (unpaired) electrons.